The molecular weight excluding hydrogens is 433 g/mol. The van der Waals surface area contributed by atoms with Gasteiger partial charge >= 0.3 is 6.18 Å². The highest BCUT2D eigenvalue weighted by Gasteiger charge is 2.27. The van der Waals surface area contributed by atoms with Gasteiger partial charge < -0.3 is 10.6 Å². The SMILES string of the molecule is Cn1nc(-c2ccc(C(=O)NCC(F)(F)F)cc2)nc1Nc1ccc(-c2ccncc2)cc1. The predicted molar refractivity (Wildman–Crippen MR) is 118 cm³/mol. The molecule has 0 saturated heterocycles. The molecule has 0 unspecified atom stereocenters. The molecule has 168 valence electrons. The second-order valence-corrected chi connectivity index (χ2v) is 7.20. The smallest absolute Gasteiger partial charge is 0.343 e. The minimum absolute atomic E-state index is 0.117. The molecule has 0 atom stereocenters. The first-order valence-corrected chi connectivity index (χ1v) is 9.92. The number of rotatable bonds is 6. The van der Waals surface area contributed by atoms with Gasteiger partial charge in [-0.2, -0.15) is 18.2 Å². The van der Waals surface area contributed by atoms with Crippen molar-refractivity contribution in [3.63, 3.8) is 0 Å². The van der Waals surface area contributed by atoms with Gasteiger partial charge in [0.05, 0.1) is 0 Å². The normalized spacial score (nSPS) is 11.3. The minimum atomic E-state index is -4.46. The van der Waals surface area contributed by atoms with E-state index in [-0.39, 0.29) is 5.56 Å². The zero-order valence-corrected chi connectivity index (χ0v) is 17.5. The fourth-order valence-corrected chi connectivity index (χ4v) is 3.09. The molecule has 0 bridgehead atoms. The lowest BCUT2D eigenvalue weighted by atomic mass is 10.1. The molecule has 0 aliphatic rings. The number of halogens is 3. The fourth-order valence-electron chi connectivity index (χ4n) is 3.09. The van der Waals surface area contributed by atoms with Crippen LogP contribution < -0.4 is 10.6 Å². The molecule has 4 rings (SSSR count). The van der Waals surface area contributed by atoms with Crippen LogP contribution in [0.2, 0.25) is 0 Å². The van der Waals surface area contributed by atoms with Gasteiger partial charge in [0.1, 0.15) is 6.54 Å². The maximum absolute atomic E-state index is 12.3. The van der Waals surface area contributed by atoms with Gasteiger partial charge in [-0.25, -0.2) is 4.68 Å². The van der Waals surface area contributed by atoms with Crippen LogP contribution in [-0.2, 0) is 7.05 Å². The van der Waals surface area contributed by atoms with Crippen LogP contribution in [0.5, 0.6) is 0 Å². The lowest BCUT2D eigenvalue weighted by Gasteiger charge is -2.08. The highest BCUT2D eigenvalue weighted by atomic mass is 19.4. The Balaban J connectivity index is 1.44. The van der Waals surface area contributed by atoms with Gasteiger partial charge in [-0.1, -0.05) is 24.3 Å². The van der Waals surface area contributed by atoms with Crippen molar-refractivity contribution in [3.8, 4) is 22.5 Å². The Morgan fingerprint density at radius 2 is 1.52 bits per heavy atom. The van der Waals surface area contributed by atoms with E-state index in [0.29, 0.717) is 17.3 Å². The van der Waals surface area contributed by atoms with Crippen LogP contribution >= 0.6 is 0 Å². The summed E-state index contributed by atoms with van der Waals surface area (Å²) < 4.78 is 38.4. The van der Waals surface area contributed by atoms with Crippen molar-refractivity contribution >= 4 is 17.5 Å². The van der Waals surface area contributed by atoms with E-state index in [1.54, 1.807) is 36.3 Å². The number of aryl methyl sites for hydroxylation is 1. The monoisotopic (exact) mass is 452 g/mol. The molecule has 1 amide bonds. The Bertz CT molecular complexity index is 1240. The predicted octanol–water partition coefficient (Wildman–Crippen LogP) is 4.58. The van der Waals surface area contributed by atoms with Gasteiger partial charge in [0.15, 0.2) is 5.82 Å². The maximum Gasteiger partial charge on any atom is 0.405 e. The minimum Gasteiger partial charge on any atom is -0.343 e. The summed E-state index contributed by atoms with van der Waals surface area (Å²) >= 11 is 0. The third-order valence-corrected chi connectivity index (χ3v) is 4.77. The number of carbonyl (C=O) groups is 1. The largest absolute Gasteiger partial charge is 0.405 e. The lowest BCUT2D eigenvalue weighted by Crippen LogP contribution is -2.33. The molecule has 33 heavy (non-hydrogen) atoms. The fraction of sp³-hybridized carbons (Fsp3) is 0.130. The molecule has 4 aromatic rings. The van der Waals surface area contributed by atoms with E-state index in [9.17, 15) is 18.0 Å². The molecule has 0 fully saturated rings. The number of alkyl halides is 3. The highest BCUT2D eigenvalue weighted by Crippen LogP contribution is 2.24. The van der Waals surface area contributed by atoms with Gasteiger partial charge in [-0.3, -0.25) is 9.78 Å². The van der Waals surface area contributed by atoms with Crippen LogP contribution in [-0.4, -0.2) is 38.4 Å². The number of nitrogens with one attached hydrogen (secondary N) is 2. The van der Waals surface area contributed by atoms with Crippen molar-refractivity contribution < 1.29 is 18.0 Å². The van der Waals surface area contributed by atoms with Crippen LogP contribution in [0.15, 0.2) is 73.1 Å². The summed E-state index contributed by atoms with van der Waals surface area (Å²) in [6.07, 6.45) is -0.982. The van der Waals surface area contributed by atoms with Gasteiger partial charge in [0.2, 0.25) is 5.95 Å². The molecular formula is C23H19F3N6O. The van der Waals surface area contributed by atoms with E-state index < -0.39 is 18.6 Å². The Labute approximate surface area is 187 Å². The van der Waals surface area contributed by atoms with Crippen LogP contribution in [0.25, 0.3) is 22.5 Å². The van der Waals surface area contributed by atoms with Crippen LogP contribution in [0.1, 0.15) is 10.4 Å². The van der Waals surface area contributed by atoms with E-state index in [0.717, 1.165) is 16.8 Å². The molecule has 10 heteroatoms. The Hall–Kier alpha value is -4.21. The zero-order valence-electron chi connectivity index (χ0n) is 17.5. The van der Waals surface area contributed by atoms with E-state index in [1.807, 2.05) is 41.7 Å². The van der Waals surface area contributed by atoms with Crippen molar-refractivity contribution in [2.45, 2.75) is 6.18 Å². The second kappa shape index (κ2) is 9.11. The Morgan fingerprint density at radius 3 is 2.15 bits per heavy atom. The summed E-state index contributed by atoms with van der Waals surface area (Å²) in [5, 5.41) is 9.42. The molecule has 7 nitrogen and oxygen atoms in total. The average Bonchev–Trinajstić information content (AvgIpc) is 3.18. The molecule has 0 saturated carbocycles. The third kappa shape index (κ3) is 5.53. The summed E-state index contributed by atoms with van der Waals surface area (Å²) in [5.41, 5.74) is 3.69. The number of pyridine rings is 1. The quantitative estimate of drug-likeness (QED) is 0.447. The van der Waals surface area contributed by atoms with Gasteiger partial charge in [-0.05, 0) is 47.5 Å². The van der Waals surface area contributed by atoms with Crippen molar-refractivity contribution in [2.75, 3.05) is 11.9 Å². The number of nitrogens with zero attached hydrogens (tertiary/aromatic N) is 4. The maximum atomic E-state index is 12.3. The molecule has 0 radical (unpaired) electrons. The van der Waals surface area contributed by atoms with E-state index >= 15 is 0 Å². The number of hydrogen-bond acceptors (Lipinski definition) is 5. The van der Waals surface area contributed by atoms with E-state index in [4.69, 9.17) is 0 Å². The van der Waals surface area contributed by atoms with Crippen LogP contribution in [0.4, 0.5) is 24.8 Å². The summed E-state index contributed by atoms with van der Waals surface area (Å²) in [6, 6.07) is 17.7. The van der Waals surface area contributed by atoms with Gasteiger partial charge in [0.25, 0.3) is 5.91 Å². The van der Waals surface area contributed by atoms with E-state index in [1.165, 1.54) is 12.1 Å². The highest BCUT2D eigenvalue weighted by molar-refractivity contribution is 5.94. The number of amides is 1. The molecule has 0 spiro atoms. The van der Waals surface area contributed by atoms with Crippen molar-refractivity contribution in [2.24, 2.45) is 7.05 Å². The molecule has 0 aliphatic carbocycles. The topological polar surface area (TPSA) is 84.7 Å². The summed E-state index contributed by atoms with van der Waals surface area (Å²) in [7, 11) is 1.74. The van der Waals surface area contributed by atoms with Crippen molar-refractivity contribution in [1.29, 1.82) is 0 Å². The zero-order chi connectivity index (χ0) is 23.4. The first-order chi connectivity index (χ1) is 15.8. The average molecular weight is 452 g/mol. The number of anilines is 2. The lowest BCUT2D eigenvalue weighted by molar-refractivity contribution is -0.123. The molecule has 2 heterocycles. The first-order valence-electron chi connectivity index (χ1n) is 9.92. The Kier molecular flexibility index (Phi) is 6.07. The molecule has 2 N–H and O–H groups in total. The summed E-state index contributed by atoms with van der Waals surface area (Å²) in [6.45, 7) is -1.38. The number of hydrogen-bond donors (Lipinski definition) is 2. The number of carbonyl (C=O) groups excluding carboxylic acids is 1. The standard InChI is InChI=1S/C23H19F3N6O/c1-32-22(29-19-8-6-15(7-9-19)16-10-12-27-13-11-16)30-20(31-32)17-2-4-18(5-3-17)21(33)28-14-23(24,25)26/h2-13H,14H2,1H3,(H,28,33)(H,29,30,31). The number of benzene rings is 2. The molecule has 2 aromatic heterocycles. The first kappa shape index (κ1) is 22.0. The van der Waals surface area contributed by atoms with Crippen molar-refractivity contribution in [1.82, 2.24) is 25.1 Å². The Morgan fingerprint density at radius 1 is 0.909 bits per heavy atom. The summed E-state index contributed by atoms with van der Waals surface area (Å²) in [4.78, 5) is 20.4. The van der Waals surface area contributed by atoms with Gasteiger partial charge in [0, 0.05) is 36.3 Å². The van der Waals surface area contributed by atoms with Crippen molar-refractivity contribution in [3.05, 3.63) is 78.6 Å². The van der Waals surface area contributed by atoms with Crippen LogP contribution in [0.3, 0.4) is 0 Å². The second-order valence-electron chi connectivity index (χ2n) is 7.20. The number of aromatic nitrogens is 4. The molecule has 2 aromatic carbocycles. The van der Waals surface area contributed by atoms with Gasteiger partial charge in [-0.15, -0.1) is 5.10 Å². The third-order valence-electron chi connectivity index (χ3n) is 4.77. The van der Waals surface area contributed by atoms with E-state index in [2.05, 4.69) is 20.4 Å². The summed E-state index contributed by atoms with van der Waals surface area (Å²) in [5.74, 6) is 0.120. The van der Waals surface area contributed by atoms with Crippen LogP contribution in [0, 0.1) is 0 Å². The molecule has 0 aliphatic heterocycles.